The molecule has 1 aromatic heterocycles. The quantitative estimate of drug-likeness (QED) is 0.758. The molecule has 1 fully saturated rings. The molecule has 8 nitrogen and oxygen atoms in total. The SMILES string of the molecule is O=C(c1ccc2c(c1)C(=O)N(C1CCCCC1)C2=O)N1CCc2c([nH][nH]c2=O)C1. The van der Waals surface area contributed by atoms with Crippen LogP contribution in [0.3, 0.4) is 0 Å². The van der Waals surface area contributed by atoms with Crippen LogP contribution in [0.25, 0.3) is 0 Å². The second-order valence-electron chi connectivity index (χ2n) is 8.05. The molecular weight excluding hydrogens is 372 g/mol. The first-order valence-electron chi connectivity index (χ1n) is 10.1. The number of amides is 3. The molecule has 150 valence electrons. The molecule has 1 aromatic carbocycles. The molecule has 8 heteroatoms. The van der Waals surface area contributed by atoms with Gasteiger partial charge in [0.2, 0.25) is 0 Å². The average molecular weight is 394 g/mol. The summed E-state index contributed by atoms with van der Waals surface area (Å²) in [5.41, 5.74) is 2.35. The summed E-state index contributed by atoms with van der Waals surface area (Å²) in [7, 11) is 0. The fourth-order valence-electron chi connectivity index (χ4n) is 4.76. The molecule has 0 unspecified atom stereocenters. The monoisotopic (exact) mass is 394 g/mol. The third-order valence-electron chi connectivity index (χ3n) is 6.34. The van der Waals surface area contributed by atoms with Gasteiger partial charge in [0.15, 0.2) is 0 Å². The number of aromatic amines is 2. The molecule has 3 aliphatic rings. The van der Waals surface area contributed by atoms with Gasteiger partial charge in [-0.15, -0.1) is 0 Å². The molecule has 3 amide bonds. The van der Waals surface area contributed by atoms with Crippen molar-refractivity contribution < 1.29 is 14.4 Å². The lowest BCUT2D eigenvalue weighted by Crippen LogP contribution is -2.40. The molecule has 0 saturated heterocycles. The fraction of sp³-hybridized carbons (Fsp3) is 0.429. The lowest BCUT2D eigenvalue weighted by molar-refractivity contribution is 0.0548. The minimum absolute atomic E-state index is 0.0405. The van der Waals surface area contributed by atoms with E-state index in [-0.39, 0.29) is 29.3 Å². The van der Waals surface area contributed by atoms with Gasteiger partial charge in [-0.25, -0.2) is 0 Å². The van der Waals surface area contributed by atoms with Crippen LogP contribution in [-0.4, -0.2) is 50.3 Å². The van der Waals surface area contributed by atoms with Gasteiger partial charge in [-0.05, 0) is 37.5 Å². The second kappa shape index (κ2) is 6.72. The number of carbonyl (C=O) groups excluding carboxylic acids is 3. The molecule has 0 atom stereocenters. The first-order valence-corrected chi connectivity index (χ1v) is 10.1. The maximum atomic E-state index is 13.0. The van der Waals surface area contributed by atoms with Crippen molar-refractivity contribution in [3.8, 4) is 0 Å². The van der Waals surface area contributed by atoms with Gasteiger partial charge in [0.1, 0.15) is 0 Å². The normalized spacial score (nSPS) is 19.4. The third-order valence-corrected chi connectivity index (χ3v) is 6.34. The Labute approximate surface area is 166 Å². The molecule has 3 heterocycles. The van der Waals surface area contributed by atoms with Crippen molar-refractivity contribution in [3.05, 3.63) is 56.5 Å². The van der Waals surface area contributed by atoms with E-state index in [0.29, 0.717) is 47.5 Å². The number of fused-ring (bicyclic) bond motifs is 2. The molecule has 5 rings (SSSR count). The Balaban J connectivity index is 1.40. The van der Waals surface area contributed by atoms with E-state index < -0.39 is 0 Å². The van der Waals surface area contributed by atoms with Crippen molar-refractivity contribution in [2.45, 2.75) is 51.1 Å². The maximum absolute atomic E-state index is 13.0. The summed E-state index contributed by atoms with van der Waals surface area (Å²) in [5, 5.41) is 5.37. The number of imide groups is 1. The molecule has 2 aromatic rings. The van der Waals surface area contributed by atoms with Crippen LogP contribution in [0.4, 0.5) is 0 Å². The standard InChI is InChI=1S/C21H22N4O4/c26-18-15-8-9-24(11-17(15)22-23-18)19(27)12-6-7-14-16(10-12)21(29)25(20(14)28)13-4-2-1-3-5-13/h6-7,10,13H,1-5,8-9,11H2,(H2,22,23,26). The van der Waals surface area contributed by atoms with E-state index in [1.54, 1.807) is 23.1 Å². The van der Waals surface area contributed by atoms with Crippen molar-refractivity contribution in [3.63, 3.8) is 0 Å². The number of benzene rings is 1. The van der Waals surface area contributed by atoms with Crippen LogP contribution in [0.1, 0.15) is 74.4 Å². The Morgan fingerprint density at radius 1 is 0.966 bits per heavy atom. The second-order valence-corrected chi connectivity index (χ2v) is 8.05. The number of H-pyrrole nitrogens is 2. The summed E-state index contributed by atoms with van der Waals surface area (Å²) in [6.07, 6.45) is 5.38. The highest BCUT2D eigenvalue weighted by atomic mass is 16.2. The van der Waals surface area contributed by atoms with Gasteiger partial charge in [-0.2, -0.15) is 0 Å². The van der Waals surface area contributed by atoms with Crippen LogP contribution >= 0.6 is 0 Å². The zero-order valence-electron chi connectivity index (χ0n) is 16.0. The summed E-state index contributed by atoms with van der Waals surface area (Å²) in [4.78, 5) is 53.5. The van der Waals surface area contributed by atoms with E-state index in [1.165, 1.54) is 4.90 Å². The summed E-state index contributed by atoms with van der Waals surface area (Å²) in [6.45, 7) is 0.746. The van der Waals surface area contributed by atoms with Crippen molar-refractivity contribution in [1.82, 2.24) is 20.0 Å². The molecule has 1 aliphatic carbocycles. The number of rotatable bonds is 2. The van der Waals surface area contributed by atoms with Crippen LogP contribution in [0, 0.1) is 0 Å². The molecule has 0 spiro atoms. The summed E-state index contributed by atoms with van der Waals surface area (Å²) >= 11 is 0. The Hall–Kier alpha value is -3.16. The summed E-state index contributed by atoms with van der Waals surface area (Å²) in [6, 6.07) is 4.72. The van der Waals surface area contributed by atoms with Crippen LogP contribution in [0.2, 0.25) is 0 Å². The largest absolute Gasteiger partial charge is 0.332 e. The van der Waals surface area contributed by atoms with E-state index in [9.17, 15) is 19.2 Å². The predicted molar refractivity (Wildman–Crippen MR) is 104 cm³/mol. The smallest absolute Gasteiger partial charge is 0.267 e. The number of carbonyl (C=O) groups is 3. The highest BCUT2D eigenvalue weighted by molar-refractivity contribution is 6.22. The first kappa shape index (κ1) is 17.9. The Bertz CT molecular complexity index is 1080. The number of nitrogens with zero attached hydrogens (tertiary/aromatic N) is 2. The van der Waals surface area contributed by atoms with Gasteiger partial charge in [0, 0.05) is 23.7 Å². The van der Waals surface area contributed by atoms with Gasteiger partial charge >= 0.3 is 0 Å². The average Bonchev–Trinajstić information content (AvgIpc) is 3.25. The van der Waals surface area contributed by atoms with Gasteiger partial charge in [-0.1, -0.05) is 19.3 Å². The molecule has 0 bridgehead atoms. The first-order chi connectivity index (χ1) is 14.0. The summed E-state index contributed by atoms with van der Waals surface area (Å²) < 4.78 is 0. The number of hydrogen-bond donors (Lipinski definition) is 2. The highest BCUT2D eigenvalue weighted by Crippen LogP contribution is 2.31. The molecular formula is C21H22N4O4. The van der Waals surface area contributed by atoms with Crippen LogP contribution in [0.15, 0.2) is 23.0 Å². The number of hydrogen-bond acceptors (Lipinski definition) is 4. The van der Waals surface area contributed by atoms with Crippen LogP contribution in [0.5, 0.6) is 0 Å². The fourth-order valence-corrected chi connectivity index (χ4v) is 4.76. The van der Waals surface area contributed by atoms with Crippen LogP contribution in [-0.2, 0) is 13.0 Å². The van der Waals surface area contributed by atoms with E-state index in [0.717, 1.165) is 32.1 Å². The Morgan fingerprint density at radius 2 is 1.72 bits per heavy atom. The van der Waals surface area contributed by atoms with Gasteiger partial charge < -0.3 is 10.00 Å². The maximum Gasteiger partial charge on any atom is 0.267 e. The number of nitrogens with one attached hydrogen (secondary N) is 2. The van der Waals surface area contributed by atoms with Gasteiger partial charge in [-0.3, -0.25) is 29.2 Å². The van der Waals surface area contributed by atoms with Crippen molar-refractivity contribution in [2.24, 2.45) is 0 Å². The minimum atomic E-state index is -0.289. The van der Waals surface area contributed by atoms with Gasteiger partial charge in [0.25, 0.3) is 23.3 Å². The minimum Gasteiger partial charge on any atom is -0.332 e. The van der Waals surface area contributed by atoms with Crippen molar-refractivity contribution >= 4 is 17.7 Å². The topological polar surface area (TPSA) is 106 Å². The molecule has 0 radical (unpaired) electrons. The predicted octanol–water partition coefficient (Wildman–Crippen LogP) is 1.83. The van der Waals surface area contributed by atoms with E-state index in [4.69, 9.17) is 0 Å². The Morgan fingerprint density at radius 3 is 2.52 bits per heavy atom. The van der Waals surface area contributed by atoms with E-state index in [2.05, 4.69) is 10.2 Å². The zero-order valence-corrected chi connectivity index (χ0v) is 16.0. The highest BCUT2D eigenvalue weighted by Gasteiger charge is 2.40. The van der Waals surface area contributed by atoms with Crippen LogP contribution < -0.4 is 5.56 Å². The summed E-state index contributed by atoms with van der Waals surface area (Å²) in [5.74, 6) is -0.747. The zero-order chi connectivity index (χ0) is 20.1. The van der Waals surface area contributed by atoms with E-state index in [1.807, 2.05) is 0 Å². The van der Waals surface area contributed by atoms with Crippen molar-refractivity contribution in [2.75, 3.05) is 6.54 Å². The lowest BCUT2D eigenvalue weighted by atomic mass is 9.94. The third kappa shape index (κ3) is 2.82. The lowest BCUT2D eigenvalue weighted by Gasteiger charge is -2.29. The number of aromatic nitrogens is 2. The molecule has 2 aliphatic heterocycles. The molecule has 2 N–H and O–H groups in total. The molecule has 1 saturated carbocycles. The van der Waals surface area contributed by atoms with Crippen molar-refractivity contribution in [1.29, 1.82) is 0 Å². The van der Waals surface area contributed by atoms with Gasteiger partial charge in [0.05, 0.1) is 23.4 Å². The Kier molecular flexibility index (Phi) is 4.15. The van der Waals surface area contributed by atoms with E-state index >= 15 is 0 Å². The molecule has 29 heavy (non-hydrogen) atoms.